The van der Waals surface area contributed by atoms with Crippen LogP contribution in [0.2, 0.25) is 0 Å². The van der Waals surface area contributed by atoms with Gasteiger partial charge in [0.15, 0.2) is 5.69 Å². The van der Waals surface area contributed by atoms with Crippen molar-refractivity contribution in [3.63, 3.8) is 0 Å². The zero-order valence-corrected chi connectivity index (χ0v) is 9.07. The lowest BCUT2D eigenvalue weighted by molar-refractivity contribution is 0.0516. The molecule has 1 aromatic rings. The van der Waals surface area contributed by atoms with Gasteiger partial charge in [0.1, 0.15) is 5.82 Å². The summed E-state index contributed by atoms with van der Waals surface area (Å²) >= 11 is 0. The van der Waals surface area contributed by atoms with Crippen molar-refractivity contribution in [1.29, 1.82) is 0 Å². The number of hydrogen-bond donors (Lipinski definition) is 1. The Hall–Kier alpha value is -1.65. The molecule has 0 spiro atoms. The Kier molecular flexibility index (Phi) is 3.60. The zero-order valence-electron chi connectivity index (χ0n) is 9.07. The maximum absolute atomic E-state index is 11.5. The fourth-order valence-corrected chi connectivity index (χ4v) is 1.27. The molecular weight excluding hydrogens is 196 g/mol. The van der Waals surface area contributed by atoms with Crippen molar-refractivity contribution in [3.05, 3.63) is 17.1 Å². The Morgan fingerprint density at radius 1 is 1.40 bits per heavy atom. The number of rotatable bonds is 3. The van der Waals surface area contributed by atoms with E-state index >= 15 is 0 Å². The van der Waals surface area contributed by atoms with Gasteiger partial charge < -0.3 is 9.84 Å². The van der Waals surface area contributed by atoms with Gasteiger partial charge in [-0.05, 0) is 20.3 Å². The van der Waals surface area contributed by atoms with E-state index in [0.29, 0.717) is 17.8 Å². The molecular formula is C10H14N2O3. The summed E-state index contributed by atoms with van der Waals surface area (Å²) in [5.41, 5.74) is 0.586. The molecule has 15 heavy (non-hydrogen) atoms. The third-order valence-electron chi connectivity index (χ3n) is 1.92. The Morgan fingerprint density at radius 2 is 2.07 bits per heavy atom. The molecule has 0 saturated heterocycles. The van der Waals surface area contributed by atoms with Crippen molar-refractivity contribution in [1.82, 2.24) is 9.97 Å². The van der Waals surface area contributed by atoms with E-state index in [-0.39, 0.29) is 18.2 Å². The van der Waals surface area contributed by atoms with E-state index < -0.39 is 5.97 Å². The molecule has 0 aromatic carbocycles. The molecule has 0 radical (unpaired) electrons. The lowest BCUT2D eigenvalue weighted by atomic mass is 10.1. The van der Waals surface area contributed by atoms with Gasteiger partial charge in [-0.15, -0.1) is 0 Å². The molecule has 0 atom stereocenters. The van der Waals surface area contributed by atoms with Crippen LogP contribution in [0.15, 0.2) is 0 Å². The normalized spacial score (nSPS) is 10.1. The van der Waals surface area contributed by atoms with Gasteiger partial charge in [0.25, 0.3) is 0 Å². The summed E-state index contributed by atoms with van der Waals surface area (Å²) in [4.78, 5) is 19.3. The zero-order chi connectivity index (χ0) is 11.4. The maximum Gasteiger partial charge on any atom is 0.357 e. The average molecular weight is 210 g/mol. The summed E-state index contributed by atoms with van der Waals surface area (Å²) in [7, 11) is 0. The van der Waals surface area contributed by atoms with E-state index in [2.05, 4.69) is 9.97 Å². The molecule has 0 amide bonds. The summed E-state index contributed by atoms with van der Waals surface area (Å²) in [5.74, 6) is -0.309. The number of carbonyl (C=O) groups excluding carboxylic acids is 1. The Bertz CT molecular complexity index is 377. The number of aryl methyl sites for hydroxylation is 1. The Labute approximate surface area is 88.1 Å². The summed E-state index contributed by atoms with van der Waals surface area (Å²) in [6.45, 7) is 5.43. The summed E-state index contributed by atoms with van der Waals surface area (Å²) in [5, 5.41) is 9.53. The minimum absolute atomic E-state index is 0.145. The number of ether oxygens (including phenoxy) is 1. The van der Waals surface area contributed by atoms with Crippen LogP contribution in [-0.2, 0) is 11.2 Å². The second kappa shape index (κ2) is 4.72. The second-order valence-corrected chi connectivity index (χ2v) is 3.00. The molecule has 82 valence electrons. The lowest BCUT2D eigenvalue weighted by Gasteiger charge is -2.08. The number of esters is 1. The van der Waals surface area contributed by atoms with Crippen LogP contribution in [0.3, 0.4) is 0 Å². The lowest BCUT2D eigenvalue weighted by Crippen LogP contribution is -2.12. The van der Waals surface area contributed by atoms with Gasteiger partial charge in [0.2, 0.25) is 5.88 Å². The van der Waals surface area contributed by atoms with Gasteiger partial charge in [-0.3, -0.25) is 0 Å². The second-order valence-electron chi connectivity index (χ2n) is 3.00. The highest BCUT2D eigenvalue weighted by molar-refractivity contribution is 5.89. The maximum atomic E-state index is 11.5. The predicted molar refractivity (Wildman–Crippen MR) is 53.8 cm³/mol. The monoisotopic (exact) mass is 210 g/mol. The van der Waals surface area contributed by atoms with Crippen LogP contribution in [0.1, 0.15) is 35.7 Å². The van der Waals surface area contributed by atoms with E-state index in [4.69, 9.17) is 4.74 Å². The molecule has 5 nitrogen and oxygen atoms in total. The van der Waals surface area contributed by atoms with Crippen LogP contribution in [0.4, 0.5) is 0 Å². The van der Waals surface area contributed by atoms with Crippen LogP contribution in [0.5, 0.6) is 5.88 Å². The molecule has 0 unspecified atom stereocenters. The third kappa shape index (κ3) is 2.43. The van der Waals surface area contributed by atoms with Crippen molar-refractivity contribution in [2.45, 2.75) is 27.2 Å². The highest BCUT2D eigenvalue weighted by Gasteiger charge is 2.18. The van der Waals surface area contributed by atoms with Crippen LogP contribution < -0.4 is 0 Å². The molecule has 1 rings (SSSR count). The fourth-order valence-electron chi connectivity index (χ4n) is 1.27. The number of hydrogen-bond acceptors (Lipinski definition) is 5. The smallest absolute Gasteiger partial charge is 0.357 e. The van der Waals surface area contributed by atoms with E-state index in [1.807, 2.05) is 6.92 Å². The SMILES string of the molecule is CCOC(=O)c1nc(C)nc(O)c1CC. The van der Waals surface area contributed by atoms with Crippen LogP contribution >= 0.6 is 0 Å². The molecule has 0 aliphatic heterocycles. The van der Waals surface area contributed by atoms with Crippen LogP contribution in [0, 0.1) is 6.92 Å². The standard InChI is InChI=1S/C10H14N2O3/c1-4-7-8(10(14)15-5-2)11-6(3)12-9(7)13/h4-5H2,1-3H3,(H,11,12,13). The Morgan fingerprint density at radius 3 is 2.60 bits per heavy atom. The van der Waals surface area contributed by atoms with Crippen LogP contribution in [0.25, 0.3) is 0 Å². The molecule has 0 fully saturated rings. The highest BCUT2D eigenvalue weighted by Crippen LogP contribution is 2.18. The average Bonchev–Trinajstić information content (AvgIpc) is 2.17. The van der Waals surface area contributed by atoms with Gasteiger partial charge >= 0.3 is 5.97 Å². The van der Waals surface area contributed by atoms with E-state index in [0.717, 1.165) is 0 Å². The number of aromatic nitrogens is 2. The predicted octanol–water partition coefficient (Wildman–Crippen LogP) is 1.23. The first-order valence-electron chi connectivity index (χ1n) is 4.83. The molecule has 1 aromatic heterocycles. The molecule has 0 saturated carbocycles. The van der Waals surface area contributed by atoms with E-state index in [9.17, 15) is 9.90 Å². The minimum Gasteiger partial charge on any atom is -0.493 e. The van der Waals surface area contributed by atoms with Crippen molar-refractivity contribution in [2.24, 2.45) is 0 Å². The topological polar surface area (TPSA) is 72.3 Å². The largest absolute Gasteiger partial charge is 0.493 e. The Balaban J connectivity index is 3.20. The number of carbonyl (C=O) groups is 1. The van der Waals surface area contributed by atoms with Gasteiger partial charge in [-0.1, -0.05) is 6.92 Å². The molecule has 0 bridgehead atoms. The van der Waals surface area contributed by atoms with Crippen LogP contribution in [-0.4, -0.2) is 27.7 Å². The van der Waals surface area contributed by atoms with Crippen molar-refractivity contribution in [2.75, 3.05) is 6.61 Å². The summed E-state index contributed by atoms with van der Waals surface area (Å²) in [6, 6.07) is 0. The molecule has 1 heterocycles. The highest BCUT2D eigenvalue weighted by atomic mass is 16.5. The molecule has 5 heteroatoms. The van der Waals surface area contributed by atoms with Gasteiger partial charge in [-0.25, -0.2) is 9.78 Å². The van der Waals surface area contributed by atoms with Gasteiger partial charge in [0, 0.05) is 5.56 Å². The minimum atomic E-state index is -0.518. The first-order chi connectivity index (χ1) is 7.10. The molecule has 1 N–H and O–H groups in total. The van der Waals surface area contributed by atoms with Crippen molar-refractivity contribution in [3.8, 4) is 5.88 Å². The molecule has 0 aliphatic carbocycles. The van der Waals surface area contributed by atoms with Crippen molar-refractivity contribution >= 4 is 5.97 Å². The fraction of sp³-hybridized carbons (Fsp3) is 0.500. The third-order valence-corrected chi connectivity index (χ3v) is 1.92. The number of nitrogens with zero attached hydrogens (tertiary/aromatic N) is 2. The summed E-state index contributed by atoms with van der Waals surface area (Å²) < 4.78 is 4.84. The summed E-state index contributed by atoms with van der Waals surface area (Å²) in [6.07, 6.45) is 0.486. The molecule has 0 aliphatic rings. The van der Waals surface area contributed by atoms with E-state index in [1.165, 1.54) is 0 Å². The number of aromatic hydroxyl groups is 1. The first-order valence-corrected chi connectivity index (χ1v) is 4.83. The van der Waals surface area contributed by atoms with Crippen molar-refractivity contribution < 1.29 is 14.6 Å². The quantitative estimate of drug-likeness (QED) is 0.759. The first kappa shape index (κ1) is 11.4. The van der Waals surface area contributed by atoms with Gasteiger partial charge in [-0.2, -0.15) is 4.98 Å². The van der Waals surface area contributed by atoms with Gasteiger partial charge in [0.05, 0.1) is 6.61 Å². The van der Waals surface area contributed by atoms with E-state index in [1.54, 1.807) is 13.8 Å².